The Kier molecular flexibility index (Phi) is 5.01. The number of aliphatic hydroxyl groups is 2. The Morgan fingerprint density at radius 3 is 2.71 bits per heavy atom. The van der Waals surface area contributed by atoms with E-state index in [1.807, 2.05) is 31.2 Å². The molecule has 0 aliphatic heterocycles. The van der Waals surface area contributed by atoms with Gasteiger partial charge in [-0.3, -0.25) is 0 Å². The topological polar surface area (TPSA) is 40.5 Å². The van der Waals surface area contributed by atoms with Crippen LogP contribution in [0, 0.1) is 0 Å². The molecule has 78 valence electrons. The Hall–Kier alpha value is -0.510. The molecule has 0 spiro atoms. The van der Waals surface area contributed by atoms with Gasteiger partial charge in [-0.05, 0) is 18.1 Å². The van der Waals surface area contributed by atoms with Crippen LogP contribution in [-0.4, -0.2) is 22.6 Å². The maximum atomic E-state index is 9.73. The van der Waals surface area contributed by atoms with Crippen LogP contribution in [0.4, 0.5) is 0 Å². The van der Waals surface area contributed by atoms with Crippen LogP contribution >= 0.6 is 11.8 Å². The zero-order chi connectivity index (χ0) is 10.4. The molecule has 0 saturated heterocycles. The summed E-state index contributed by atoms with van der Waals surface area (Å²) in [5.41, 5.74) is 0.966. The fraction of sp³-hybridized carbons (Fsp3) is 0.455. The summed E-state index contributed by atoms with van der Waals surface area (Å²) in [7, 11) is 0. The first-order valence-corrected chi connectivity index (χ1v) is 5.78. The molecule has 0 radical (unpaired) electrons. The normalized spacial score (nSPS) is 12.8. The number of hydrogen-bond acceptors (Lipinski definition) is 3. The molecule has 1 unspecified atom stereocenters. The third-order valence-corrected chi connectivity index (χ3v) is 3.08. The smallest absolute Gasteiger partial charge is 0.0798 e. The molecule has 0 bridgehead atoms. The van der Waals surface area contributed by atoms with E-state index in [0.29, 0.717) is 5.75 Å². The molecule has 0 heterocycles. The van der Waals surface area contributed by atoms with Gasteiger partial charge in [0.05, 0.1) is 12.7 Å². The minimum absolute atomic E-state index is 0.168. The van der Waals surface area contributed by atoms with Gasteiger partial charge in [0, 0.05) is 10.6 Å². The monoisotopic (exact) mass is 212 g/mol. The predicted octanol–water partition coefficient (Wildman–Crippen LogP) is 2.21. The van der Waals surface area contributed by atoms with Gasteiger partial charge in [0.25, 0.3) is 0 Å². The summed E-state index contributed by atoms with van der Waals surface area (Å²) in [5, 5.41) is 18.5. The molecular formula is C11H16O2S. The fourth-order valence-electron chi connectivity index (χ4n) is 1.26. The highest BCUT2D eigenvalue weighted by molar-refractivity contribution is 7.99. The number of thioether (sulfide) groups is 1. The predicted molar refractivity (Wildman–Crippen MR) is 59.5 cm³/mol. The standard InChI is InChI=1S/C11H16O2S/c1-2-10(13)9-5-3-4-6-11(9)14-8-7-12/h3-6,10,12-13H,2,7-8H2,1H3. The summed E-state index contributed by atoms with van der Waals surface area (Å²) >= 11 is 1.58. The minimum Gasteiger partial charge on any atom is -0.396 e. The molecule has 3 heteroatoms. The van der Waals surface area contributed by atoms with Crippen LogP contribution in [0.15, 0.2) is 29.2 Å². The van der Waals surface area contributed by atoms with Crippen LogP contribution in [-0.2, 0) is 0 Å². The minimum atomic E-state index is -0.391. The molecule has 0 aromatic heterocycles. The van der Waals surface area contributed by atoms with Crippen LogP contribution < -0.4 is 0 Å². The number of benzene rings is 1. The lowest BCUT2D eigenvalue weighted by atomic mass is 10.1. The molecule has 2 nitrogen and oxygen atoms in total. The number of hydrogen-bond donors (Lipinski definition) is 2. The van der Waals surface area contributed by atoms with Gasteiger partial charge in [0.2, 0.25) is 0 Å². The van der Waals surface area contributed by atoms with Crippen molar-refractivity contribution < 1.29 is 10.2 Å². The largest absolute Gasteiger partial charge is 0.396 e. The van der Waals surface area contributed by atoms with Gasteiger partial charge in [-0.15, -0.1) is 11.8 Å². The van der Waals surface area contributed by atoms with Crippen LogP contribution in [0.25, 0.3) is 0 Å². The van der Waals surface area contributed by atoms with Crippen molar-refractivity contribution in [3.8, 4) is 0 Å². The second-order valence-electron chi connectivity index (χ2n) is 3.03. The molecule has 0 amide bonds. The van der Waals surface area contributed by atoms with Crippen molar-refractivity contribution in [3.05, 3.63) is 29.8 Å². The third-order valence-electron chi connectivity index (χ3n) is 2.01. The Balaban J connectivity index is 2.79. The first-order valence-electron chi connectivity index (χ1n) is 4.80. The molecule has 2 N–H and O–H groups in total. The second-order valence-corrected chi connectivity index (χ2v) is 4.17. The van der Waals surface area contributed by atoms with Crippen LogP contribution in [0.1, 0.15) is 25.0 Å². The maximum Gasteiger partial charge on any atom is 0.0798 e. The molecule has 14 heavy (non-hydrogen) atoms. The highest BCUT2D eigenvalue weighted by Crippen LogP contribution is 2.28. The van der Waals surface area contributed by atoms with Gasteiger partial charge < -0.3 is 10.2 Å². The summed E-state index contributed by atoms with van der Waals surface area (Å²) in [6.45, 7) is 2.12. The van der Waals surface area contributed by atoms with Crippen LogP contribution in [0.5, 0.6) is 0 Å². The summed E-state index contributed by atoms with van der Waals surface area (Å²) < 4.78 is 0. The third kappa shape index (κ3) is 3.01. The average Bonchev–Trinajstić information content (AvgIpc) is 2.25. The van der Waals surface area contributed by atoms with E-state index in [9.17, 15) is 5.11 Å². The van der Waals surface area contributed by atoms with Crippen LogP contribution in [0.3, 0.4) is 0 Å². The van der Waals surface area contributed by atoms with Crippen molar-refractivity contribution in [2.45, 2.75) is 24.3 Å². The van der Waals surface area contributed by atoms with E-state index in [-0.39, 0.29) is 6.61 Å². The SMILES string of the molecule is CCC(O)c1ccccc1SCCO. The van der Waals surface area contributed by atoms with Gasteiger partial charge in [-0.2, -0.15) is 0 Å². The molecule has 1 aromatic rings. The van der Waals surface area contributed by atoms with Crippen molar-refractivity contribution in [1.82, 2.24) is 0 Å². The molecule has 1 rings (SSSR count). The van der Waals surface area contributed by atoms with E-state index in [0.717, 1.165) is 16.9 Å². The van der Waals surface area contributed by atoms with Crippen molar-refractivity contribution in [3.63, 3.8) is 0 Å². The van der Waals surface area contributed by atoms with E-state index >= 15 is 0 Å². The Labute approximate surface area is 89.0 Å². The molecule has 0 saturated carbocycles. The molecule has 0 aliphatic rings. The zero-order valence-electron chi connectivity index (χ0n) is 8.31. The Morgan fingerprint density at radius 1 is 1.36 bits per heavy atom. The second kappa shape index (κ2) is 6.06. The fourth-order valence-corrected chi connectivity index (χ4v) is 2.12. The molecular weight excluding hydrogens is 196 g/mol. The lowest BCUT2D eigenvalue weighted by Gasteiger charge is -2.12. The Bertz CT molecular complexity index is 276. The van der Waals surface area contributed by atoms with Gasteiger partial charge in [-0.25, -0.2) is 0 Å². The highest BCUT2D eigenvalue weighted by Gasteiger charge is 2.09. The van der Waals surface area contributed by atoms with E-state index < -0.39 is 6.10 Å². The maximum absolute atomic E-state index is 9.73. The molecule has 1 atom stereocenters. The average molecular weight is 212 g/mol. The van der Waals surface area contributed by atoms with E-state index in [1.54, 1.807) is 11.8 Å². The summed E-state index contributed by atoms with van der Waals surface area (Å²) in [4.78, 5) is 1.07. The number of rotatable bonds is 5. The van der Waals surface area contributed by atoms with Crippen molar-refractivity contribution >= 4 is 11.8 Å². The molecule has 0 aliphatic carbocycles. The van der Waals surface area contributed by atoms with E-state index in [2.05, 4.69) is 0 Å². The van der Waals surface area contributed by atoms with Gasteiger partial charge in [-0.1, -0.05) is 25.1 Å². The van der Waals surface area contributed by atoms with Crippen LogP contribution in [0.2, 0.25) is 0 Å². The van der Waals surface area contributed by atoms with Crippen molar-refractivity contribution in [1.29, 1.82) is 0 Å². The van der Waals surface area contributed by atoms with Gasteiger partial charge >= 0.3 is 0 Å². The van der Waals surface area contributed by atoms with Crippen molar-refractivity contribution in [2.75, 3.05) is 12.4 Å². The van der Waals surface area contributed by atoms with E-state index in [1.165, 1.54) is 0 Å². The Morgan fingerprint density at radius 2 is 2.07 bits per heavy atom. The summed E-state index contributed by atoms with van der Waals surface area (Å²) in [6.07, 6.45) is 0.328. The quantitative estimate of drug-likeness (QED) is 0.735. The zero-order valence-corrected chi connectivity index (χ0v) is 9.13. The van der Waals surface area contributed by atoms with Gasteiger partial charge in [0.1, 0.15) is 0 Å². The van der Waals surface area contributed by atoms with Crippen molar-refractivity contribution in [2.24, 2.45) is 0 Å². The van der Waals surface area contributed by atoms with Gasteiger partial charge in [0.15, 0.2) is 0 Å². The van der Waals surface area contributed by atoms with E-state index in [4.69, 9.17) is 5.11 Å². The number of aliphatic hydroxyl groups excluding tert-OH is 2. The summed E-state index contributed by atoms with van der Waals surface area (Å²) in [5.74, 6) is 0.674. The first kappa shape index (κ1) is 11.6. The highest BCUT2D eigenvalue weighted by atomic mass is 32.2. The lowest BCUT2D eigenvalue weighted by Crippen LogP contribution is -1.98. The summed E-state index contributed by atoms with van der Waals surface area (Å²) in [6, 6.07) is 7.80. The molecule has 1 aromatic carbocycles. The first-order chi connectivity index (χ1) is 6.79. The molecule has 0 fully saturated rings. The lowest BCUT2D eigenvalue weighted by molar-refractivity contribution is 0.171.